The lowest BCUT2D eigenvalue weighted by Crippen LogP contribution is -2.24. The van der Waals surface area contributed by atoms with Crippen molar-refractivity contribution in [2.24, 2.45) is 5.92 Å². The molecule has 0 atom stereocenters. The van der Waals surface area contributed by atoms with Crippen molar-refractivity contribution >= 4 is 44.2 Å². The lowest BCUT2D eigenvalue weighted by Gasteiger charge is -2.19. The maximum atomic E-state index is 12.2. The highest BCUT2D eigenvalue weighted by atomic mass is 35.5. The summed E-state index contributed by atoms with van der Waals surface area (Å²) in [4.78, 5) is 16.7. The Hall–Kier alpha value is -1.13. The van der Waals surface area contributed by atoms with Crippen LogP contribution in [0.15, 0.2) is 12.1 Å². The minimum atomic E-state index is 0.109. The van der Waals surface area contributed by atoms with Gasteiger partial charge in [-0.2, -0.15) is 0 Å². The van der Waals surface area contributed by atoms with Crippen molar-refractivity contribution in [2.75, 3.05) is 5.32 Å². The van der Waals surface area contributed by atoms with Gasteiger partial charge in [0.1, 0.15) is 0 Å². The SMILES string of the molecule is Cc1ccc(Cl)c2sc(NC(=O)C3CCCCC3)nc12. The van der Waals surface area contributed by atoms with Gasteiger partial charge in [-0.25, -0.2) is 4.98 Å². The van der Waals surface area contributed by atoms with Crippen LogP contribution in [-0.2, 0) is 4.79 Å². The zero-order chi connectivity index (χ0) is 14.1. The maximum Gasteiger partial charge on any atom is 0.229 e. The number of halogens is 1. The second-order valence-electron chi connectivity index (χ2n) is 5.39. The van der Waals surface area contributed by atoms with E-state index in [1.54, 1.807) is 0 Å². The van der Waals surface area contributed by atoms with E-state index in [0.29, 0.717) is 10.2 Å². The van der Waals surface area contributed by atoms with Crippen LogP contribution in [0.3, 0.4) is 0 Å². The van der Waals surface area contributed by atoms with Gasteiger partial charge in [0, 0.05) is 5.92 Å². The summed E-state index contributed by atoms with van der Waals surface area (Å²) < 4.78 is 0.950. The van der Waals surface area contributed by atoms with Gasteiger partial charge in [0.15, 0.2) is 5.13 Å². The van der Waals surface area contributed by atoms with E-state index in [0.717, 1.165) is 41.5 Å². The maximum absolute atomic E-state index is 12.2. The molecule has 3 rings (SSSR count). The van der Waals surface area contributed by atoms with Crippen LogP contribution in [0.4, 0.5) is 5.13 Å². The first-order chi connectivity index (χ1) is 9.65. The van der Waals surface area contributed by atoms with E-state index in [4.69, 9.17) is 11.6 Å². The topological polar surface area (TPSA) is 42.0 Å². The number of aromatic nitrogens is 1. The Morgan fingerprint density at radius 2 is 2.10 bits per heavy atom. The highest BCUT2D eigenvalue weighted by Crippen LogP contribution is 2.34. The largest absolute Gasteiger partial charge is 0.302 e. The second kappa shape index (κ2) is 5.70. The van der Waals surface area contributed by atoms with Gasteiger partial charge in [-0.05, 0) is 31.4 Å². The molecule has 1 aliphatic carbocycles. The molecule has 0 radical (unpaired) electrons. The molecule has 1 aromatic heterocycles. The molecule has 0 unspecified atom stereocenters. The number of aryl methyl sites for hydroxylation is 1. The summed E-state index contributed by atoms with van der Waals surface area (Å²) >= 11 is 7.64. The molecular weight excluding hydrogens is 292 g/mol. The van der Waals surface area contributed by atoms with Gasteiger partial charge in [-0.15, -0.1) is 0 Å². The van der Waals surface area contributed by atoms with E-state index in [-0.39, 0.29) is 11.8 Å². The van der Waals surface area contributed by atoms with Crippen LogP contribution in [0, 0.1) is 12.8 Å². The monoisotopic (exact) mass is 308 g/mol. The Morgan fingerprint density at radius 1 is 1.35 bits per heavy atom. The van der Waals surface area contributed by atoms with Crippen molar-refractivity contribution in [3.05, 3.63) is 22.7 Å². The molecule has 1 fully saturated rings. The number of nitrogens with zero attached hydrogens (tertiary/aromatic N) is 1. The van der Waals surface area contributed by atoms with Crippen molar-refractivity contribution < 1.29 is 4.79 Å². The molecule has 1 aromatic carbocycles. The number of carbonyl (C=O) groups excluding carboxylic acids is 1. The first-order valence-corrected chi connectivity index (χ1v) is 8.21. The van der Waals surface area contributed by atoms with Crippen LogP contribution < -0.4 is 5.32 Å². The van der Waals surface area contributed by atoms with Crippen LogP contribution in [-0.4, -0.2) is 10.9 Å². The molecular formula is C15H17ClN2OS. The number of amides is 1. The van der Waals surface area contributed by atoms with Crippen LogP contribution >= 0.6 is 22.9 Å². The average molecular weight is 309 g/mol. The standard InChI is InChI=1S/C15H17ClN2OS/c1-9-7-8-11(16)13-12(9)17-15(20-13)18-14(19)10-5-3-2-4-6-10/h7-8,10H,2-6H2,1H3,(H,17,18,19). The van der Waals surface area contributed by atoms with Gasteiger partial charge < -0.3 is 5.32 Å². The van der Waals surface area contributed by atoms with E-state index >= 15 is 0 Å². The van der Waals surface area contributed by atoms with E-state index in [9.17, 15) is 4.79 Å². The highest BCUT2D eigenvalue weighted by molar-refractivity contribution is 7.23. The fraction of sp³-hybridized carbons (Fsp3) is 0.467. The molecule has 1 saturated carbocycles. The number of hydrogen-bond donors (Lipinski definition) is 1. The van der Waals surface area contributed by atoms with Gasteiger partial charge >= 0.3 is 0 Å². The highest BCUT2D eigenvalue weighted by Gasteiger charge is 2.22. The number of fused-ring (bicyclic) bond motifs is 1. The summed E-state index contributed by atoms with van der Waals surface area (Å²) in [6.45, 7) is 2.01. The molecule has 0 spiro atoms. The zero-order valence-corrected chi connectivity index (χ0v) is 13.0. The Kier molecular flexibility index (Phi) is 3.94. The second-order valence-corrected chi connectivity index (χ2v) is 6.79. The predicted molar refractivity (Wildman–Crippen MR) is 84.6 cm³/mol. The molecule has 0 saturated heterocycles. The molecule has 1 N–H and O–H groups in total. The lowest BCUT2D eigenvalue weighted by atomic mass is 9.89. The molecule has 106 valence electrons. The molecule has 1 amide bonds. The Morgan fingerprint density at radius 3 is 2.80 bits per heavy atom. The summed E-state index contributed by atoms with van der Waals surface area (Å²) in [6, 6.07) is 3.83. The first kappa shape index (κ1) is 13.8. The van der Waals surface area contributed by atoms with E-state index in [1.165, 1.54) is 17.8 Å². The van der Waals surface area contributed by atoms with E-state index in [2.05, 4.69) is 10.3 Å². The molecule has 20 heavy (non-hydrogen) atoms. The molecule has 1 aliphatic rings. The van der Waals surface area contributed by atoms with Crippen molar-refractivity contribution in [1.82, 2.24) is 4.98 Å². The molecule has 0 aliphatic heterocycles. The zero-order valence-electron chi connectivity index (χ0n) is 11.4. The summed E-state index contributed by atoms with van der Waals surface area (Å²) in [7, 11) is 0. The van der Waals surface area contributed by atoms with Gasteiger partial charge in [0.05, 0.1) is 15.2 Å². The van der Waals surface area contributed by atoms with Crippen LogP contribution in [0.25, 0.3) is 10.2 Å². The normalized spacial score (nSPS) is 16.5. The number of hydrogen-bond acceptors (Lipinski definition) is 3. The molecule has 5 heteroatoms. The van der Waals surface area contributed by atoms with Gasteiger partial charge in [-0.1, -0.05) is 48.3 Å². The summed E-state index contributed by atoms with van der Waals surface area (Å²) in [6.07, 6.45) is 5.55. The molecule has 1 heterocycles. The number of anilines is 1. The van der Waals surface area contributed by atoms with Crippen molar-refractivity contribution in [3.8, 4) is 0 Å². The fourth-order valence-corrected chi connectivity index (χ4v) is 3.95. The number of rotatable bonds is 2. The van der Waals surface area contributed by atoms with Gasteiger partial charge in [0.25, 0.3) is 0 Å². The average Bonchev–Trinajstić information content (AvgIpc) is 2.89. The van der Waals surface area contributed by atoms with Gasteiger partial charge in [-0.3, -0.25) is 4.79 Å². The quantitative estimate of drug-likeness (QED) is 0.867. The van der Waals surface area contributed by atoms with Gasteiger partial charge in [0.2, 0.25) is 5.91 Å². The van der Waals surface area contributed by atoms with Crippen LogP contribution in [0.2, 0.25) is 5.02 Å². The minimum absolute atomic E-state index is 0.109. The van der Waals surface area contributed by atoms with E-state index in [1.807, 2.05) is 19.1 Å². The smallest absolute Gasteiger partial charge is 0.229 e. The number of nitrogens with one attached hydrogen (secondary N) is 1. The number of benzene rings is 1. The number of carbonyl (C=O) groups is 1. The minimum Gasteiger partial charge on any atom is -0.302 e. The first-order valence-electron chi connectivity index (χ1n) is 7.01. The summed E-state index contributed by atoms with van der Waals surface area (Å²) in [5, 5.41) is 4.32. The number of thiazole rings is 1. The third kappa shape index (κ3) is 2.67. The van der Waals surface area contributed by atoms with Crippen LogP contribution in [0.5, 0.6) is 0 Å². The summed E-state index contributed by atoms with van der Waals surface area (Å²) in [5.41, 5.74) is 1.97. The van der Waals surface area contributed by atoms with Crippen LogP contribution in [0.1, 0.15) is 37.7 Å². The van der Waals surface area contributed by atoms with Crippen molar-refractivity contribution in [3.63, 3.8) is 0 Å². The van der Waals surface area contributed by atoms with Crippen molar-refractivity contribution in [2.45, 2.75) is 39.0 Å². The Labute approximate surface area is 127 Å². The Balaban J connectivity index is 1.82. The predicted octanol–water partition coefficient (Wildman–Crippen LogP) is 4.78. The Bertz CT molecular complexity index is 608. The summed E-state index contributed by atoms with van der Waals surface area (Å²) in [5.74, 6) is 0.255. The molecule has 2 aromatic rings. The molecule has 0 bridgehead atoms. The third-order valence-corrected chi connectivity index (χ3v) is 5.33. The van der Waals surface area contributed by atoms with E-state index < -0.39 is 0 Å². The fourth-order valence-electron chi connectivity index (χ4n) is 2.73. The lowest BCUT2D eigenvalue weighted by molar-refractivity contribution is -0.120. The van der Waals surface area contributed by atoms with Crippen molar-refractivity contribution in [1.29, 1.82) is 0 Å². The third-order valence-electron chi connectivity index (χ3n) is 3.90. The molecule has 3 nitrogen and oxygen atoms in total.